The van der Waals surface area contributed by atoms with E-state index in [0.29, 0.717) is 19.5 Å². The standard InChI is InChI=1S/C8H15NO3/c1-2-9(7-8(11)12)5-3-4-6-10/h6H,2-5,7H2,1H3,(H,11,12). The van der Waals surface area contributed by atoms with Crippen molar-refractivity contribution in [3.63, 3.8) is 0 Å². The van der Waals surface area contributed by atoms with Crippen molar-refractivity contribution in [2.24, 2.45) is 0 Å². The topological polar surface area (TPSA) is 57.6 Å². The molecular weight excluding hydrogens is 158 g/mol. The molecule has 0 aliphatic carbocycles. The highest BCUT2D eigenvalue weighted by Crippen LogP contribution is 1.92. The zero-order valence-electron chi connectivity index (χ0n) is 7.32. The summed E-state index contributed by atoms with van der Waals surface area (Å²) in [4.78, 5) is 22.0. The van der Waals surface area contributed by atoms with Crippen molar-refractivity contribution in [3.8, 4) is 0 Å². The van der Waals surface area contributed by atoms with Gasteiger partial charge in [0.15, 0.2) is 0 Å². The van der Waals surface area contributed by atoms with Gasteiger partial charge in [-0.25, -0.2) is 0 Å². The van der Waals surface area contributed by atoms with Crippen molar-refractivity contribution < 1.29 is 14.7 Å². The first-order chi connectivity index (χ1) is 5.70. The molecule has 0 saturated heterocycles. The average molecular weight is 173 g/mol. The Morgan fingerprint density at radius 3 is 2.67 bits per heavy atom. The van der Waals surface area contributed by atoms with Gasteiger partial charge in [0.2, 0.25) is 0 Å². The molecule has 4 heteroatoms. The van der Waals surface area contributed by atoms with Crippen LogP contribution in [0.5, 0.6) is 0 Å². The van der Waals surface area contributed by atoms with Crippen molar-refractivity contribution in [2.45, 2.75) is 19.8 Å². The van der Waals surface area contributed by atoms with Gasteiger partial charge < -0.3 is 9.90 Å². The minimum atomic E-state index is -0.817. The van der Waals surface area contributed by atoms with Crippen LogP contribution < -0.4 is 0 Å². The van der Waals surface area contributed by atoms with Crippen LogP contribution in [0, 0.1) is 0 Å². The Morgan fingerprint density at radius 2 is 2.25 bits per heavy atom. The van der Waals surface area contributed by atoms with E-state index in [9.17, 15) is 9.59 Å². The zero-order chi connectivity index (χ0) is 9.40. The van der Waals surface area contributed by atoms with Crippen LogP contribution in [-0.2, 0) is 9.59 Å². The number of nitrogens with zero attached hydrogens (tertiary/aromatic N) is 1. The molecule has 12 heavy (non-hydrogen) atoms. The maximum absolute atomic E-state index is 10.3. The quantitative estimate of drug-likeness (QED) is 0.446. The monoisotopic (exact) mass is 173 g/mol. The van der Waals surface area contributed by atoms with Gasteiger partial charge in [-0.15, -0.1) is 0 Å². The van der Waals surface area contributed by atoms with Gasteiger partial charge in [0.1, 0.15) is 6.29 Å². The lowest BCUT2D eigenvalue weighted by Crippen LogP contribution is -2.30. The van der Waals surface area contributed by atoms with E-state index in [1.807, 2.05) is 6.92 Å². The van der Waals surface area contributed by atoms with Crippen LogP contribution in [-0.4, -0.2) is 41.9 Å². The van der Waals surface area contributed by atoms with E-state index in [1.165, 1.54) is 0 Å². The molecule has 0 aromatic rings. The molecular formula is C8H15NO3. The molecule has 0 heterocycles. The fourth-order valence-corrected chi connectivity index (χ4v) is 0.938. The minimum absolute atomic E-state index is 0.0648. The van der Waals surface area contributed by atoms with E-state index in [2.05, 4.69) is 0 Å². The number of aliphatic carboxylic acids is 1. The zero-order valence-corrected chi connectivity index (χ0v) is 7.32. The number of unbranched alkanes of at least 4 members (excludes halogenated alkanes) is 1. The molecule has 0 aliphatic rings. The highest BCUT2D eigenvalue weighted by molar-refractivity contribution is 5.69. The van der Waals surface area contributed by atoms with Crippen LogP contribution in [0.15, 0.2) is 0 Å². The third-order valence-corrected chi connectivity index (χ3v) is 1.60. The summed E-state index contributed by atoms with van der Waals surface area (Å²) in [5.74, 6) is -0.817. The second-order valence-electron chi connectivity index (χ2n) is 2.57. The summed E-state index contributed by atoms with van der Waals surface area (Å²) in [6.45, 7) is 3.37. The molecule has 0 aliphatic heterocycles. The predicted molar refractivity (Wildman–Crippen MR) is 45.0 cm³/mol. The molecule has 0 aromatic carbocycles. The molecule has 1 N–H and O–H groups in total. The van der Waals surface area contributed by atoms with Crippen molar-refractivity contribution in [1.29, 1.82) is 0 Å². The highest BCUT2D eigenvalue weighted by atomic mass is 16.4. The second-order valence-corrected chi connectivity index (χ2v) is 2.57. The fraction of sp³-hybridized carbons (Fsp3) is 0.750. The average Bonchev–Trinajstić information content (AvgIpc) is 2.02. The van der Waals surface area contributed by atoms with Gasteiger partial charge in [-0.1, -0.05) is 6.92 Å². The van der Waals surface area contributed by atoms with Crippen molar-refractivity contribution in [2.75, 3.05) is 19.6 Å². The minimum Gasteiger partial charge on any atom is -0.480 e. The molecule has 0 bridgehead atoms. The number of hydrogen-bond donors (Lipinski definition) is 1. The van der Waals surface area contributed by atoms with Gasteiger partial charge in [0.05, 0.1) is 6.54 Å². The molecule has 0 amide bonds. The number of carbonyl (C=O) groups is 2. The summed E-state index contributed by atoms with van der Waals surface area (Å²) in [5, 5.41) is 8.46. The number of carbonyl (C=O) groups excluding carboxylic acids is 1. The molecule has 0 saturated carbocycles. The summed E-state index contributed by atoms with van der Waals surface area (Å²) >= 11 is 0. The Hall–Kier alpha value is -0.900. The number of carboxylic acids is 1. The van der Waals surface area contributed by atoms with Crippen LogP contribution in [0.25, 0.3) is 0 Å². The third-order valence-electron chi connectivity index (χ3n) is 1.60. The normalized spacial score (nSPS) is 10.2. The van der Waals surface area contributed by atoms with Crippen LogP contribution >= 0.6 is 0 Å². The Bertz CT molecular complexity index is 147. The first-order valence-electron chi connectivity index (χ1n) is 4.08. The molecule has 0 radical (unpaired) electrons. The SMILES string of the molecule is CCN(CCCC=O)CC(=O)O. The molecule has 0 fully saturated rings. The van der Waals surface area contributed by atoms with E-state index in [4.69, 9.17) is 5.11 Å². The van der Waals surface area contributed by atoms with Crippen LogP contribution in [0.4, 0.5) is 0 Å². The van der Waals surface area contributed by atoms with Crippen molar-refractivity contribution in [1.82, 2.24) is 4.90 Å². The molecule has 0 unspecified atom stereocenters. The predicted octanol–water partition coefficient (Wildman–Crippen LogP) is 0.372. The van der Waals surface area contributed by atoms with E-state index in [1.54, 1.807) is 4.90 Å². The highest BCUT2D eigenvalue weighted by Gasteiger charge is 2.05. The molecule has 0 spiro atoms. The molecule has 0 rings (SSSR count). The van der Waals surface area contributed by atoms with Crippen LogP contribution in [0.2, 0.25) is 0 Å². The van der Waals surface area contributed by atoms with Gasteiger partial charge in [-0.05, 0) is 19.5 Å². The molecule has 4 nitrogen and oxygen atoms in total. The van der Waals surface area contributed by atoms with Gasteiger partial charge in [0, 0.05) is 6.42 Å². The summed E-state index contributed by atoms with van der Waals surface area (Å²) < 4.78 is 0. The largest absolute Gasteiger partial charge is 0.480 e. The second kappa shape index (κ2) is 6.79. The van der Waals surface area contributed by atoms with Gasteiger partial charge in [-0.3, -0.25) is 9.69 Å². The van der Waals surface area contributed by atoms with Crippen LogP contribution in [0.3, 0.4) is 0 Å². The van der Waals surface area contributed by atoms with E-state index in [0.717, 1.165) is 12.7 Å². The number of rotatable bonds is 7. The van der Waals surface area contributed by atoms with E-state index >= 15 is 0 Å². The maximum Gasteiger partial charge on any atom is 0.317 e. The van der Waals surface area contributed by atoms with E-state index in [-0.39, 0.29) is 6.54 Å². The molecule has 70 valence electrons. The van der Waals surface area contributed by atoms with Crippen LogP contribution in [0.1, 0.15) is 19.8 Å². The van der Waals surface area contributed by atoms with Crippen molar-refractivity contribution in [3.05, 3.63) is 0 Å². The first-order valence-corrected chi connectivity index (χ1v) is 4.08. The Labute approximate surface area is 72.2 Å². The smallest absolute Gasteiger partial charge is 0.317 e. The van der Waals surface area contributed by atoms with Gasteiger partial charge in [0.25, 0.3) is 0 Å². The van der Waals surface area contributed by atoms with Gasteiger partial charge in [-0.2, -0.15) is 0 Å². The lowest BCUT2D eigenvalue weighted by atomic mass is 10.3. The number of likely N-dealkylation sites (N-methyl/N-ethyl adjacent to an activating group) is 1. The summed E-state index contributed by atoms with van der Waals surface area (Å²) in [6.07, 6.45) is 2.11. The molecule has 0 aromatic heterocycles. The summed E-state index contributed by atoms with van der Waals surface area (Å²) in [5.41, 5.74) is 0. The number of hydrogen-bond acceptors (Lipinski definition) is 3. The Balaban J connectivity index is 3.52. The lowest BCUT2D eigenvalue weighted by Gasteiger charge is -2.16. The van der Waals surface area contributed by atoms with Crippen molar-refractivity contribution >= 4 is 12.3 Å². The number of carboxylic acid groups (broad SMARTS) is 1. The van der Waals surface area contributed by atoms with Gasteiger partial charge >= 0.3 is 5.97 Å². The molecule has 0 atom stereocenters. The maximum atomic E-state index is 10.3. The Kier molecular flexibility index (Phi) is 6.28. The van der Waals surface area contributed by atoms with E-state index < -0.39 is 5.97 Å². The summed E-state index contributed by atoms with van der Waals surface area (Å²) in [7, 11) is 0. The number of aldehydes is 1. The fourth-order valence-electron chi connectivity index (χ4n) is 0.938. The Morgan fingerprint density at radius 1 is 1.58 bits per heavy atom. The lowest BCUT2D eigenvalue weighted by molar-refractivity contribution is -0.138. The summed E-state index contributed by atoms with van der Waals surface area (Å²) in [6, 6.07) is 0. The third kappa shape index (κ3) is 5.85. The first kappa shape index (κ1) is 11.1.